The Balaban J connectivity index is 1.63. The van der Waals surface area contributed by atoms with Crippen LogP contribution in [0.2, 0.25) is 0 Å². The van der Waals surface area contributed by atoms with E-state index in [-0.39, 0.29) is 11.8 Å². The van der Waals surface area contributed by atoms with Crippen molar-refractivity contribution in [3.8, 4) is 0 Å². The first-order valence-corrected chi connectivity index (χ1v) is 11.6. The molecule has 2 aromatic rings. The van der Waals surface area contributed by atoms with Crippen molar-refractivity contribution >= 4 is 39.3 Å². The third-order valence-corrected chi connectivity index (χ3v) is 5.38. The maximum absolute atomic E-state index is 12.3. The Hall–Kier alpha value is -3.13. The summed E-state index contributed by atoms with van der Waals surface area (Å²) in [5, 5.41) is 2.84. The van der Waals surface area contributed by atoms with Crippen molar-refractivity contribution in [2.24, 2.45) is 0 Å². The molecule has 1 aliphatic rings. The third kappa shape index (κ3) is 5.70. The van der Waals surface area contributed by atoms with E-state index in [4.69, 9.17) is 0 Å². The Morgan fingerprint density at radius 3 is 2.47 bits per heavy atom. The summed E-state index contributed by atoms with van der Waals surface area (Å²) < 4.78 is 25.6. The van der Waals surface area contributed by atoms with Crippen LogP contribution in [-0.4, -0.2) is 33.0 Å². The predicted molar refractivity (Wildman–Crippen MR) is 119 cm³/mol. The summed E-state index contributed by atoms with van der Waals surface area (Å²) in [5.74, 6) is -0.159. The molecule has 0 spiro atoms. The molecule has 2 aromatic carbocycles. The van der Waals surface area contributed by atoms with E-state index in [0.717, 1.165) is 30.5 Å². The molecule has 3 rings (SSSR count). The van der Waals surface area contributed by atoms with E-state index in [0.29, 0.717) is 17.7 Å². The first kappa shape index (κ1) is 21.6. The van der Waals surface area contributed by atoms with Gasteiger partial charge in [-0.2, -0.15) is 0 Å². The normalized spacial score (nSPS) is 15.4. The quantitative estimate of drug-likeness (QED) is 0.664. The van der Waals surface area contributed by atoms with Gasteiger partial charge in [-0.1, -0.05) is 30.3 Å². The van der Waals surface area contributed by atoms with Gasteiger partial charge in [0, 0.05) is 24.7 Å². The van der Waals surface area contributed by atoms with Crippen LogP contribution in [0.3, 0.4) is 0 Å². The van der Waals surface area contributed by atoms with Gasteiger partial charge in [-0.15, -0.1) is 0 Å². The highest BCUT2D eigenvalue weighted by Crippen LogP contribution is 2.24. The summed E-state index contributed by atoms with van der Waals surface area (Å²) in [6, 6.07) is 14.0. The average molecular weight is 428 g/mol. The average Bonchev–Trinajstić information content (AvgIpc) is 3.12. The van der Waals surface area contributed by atoms with Gasteiger partial charge in [-0.05, 0) is 48.7 Å². The number of hydrogen-bond donors (Lipinski definition) is 2. The second kappa shape index (κ2) is 9.13. The number of hydrogen-bond acceptors (Lipinski definition) is 4. The van der Waals surface area contributed by atoms with Crippen molar-refractivity contribution in [3.05, 3.63) is 65.7 Å². The van der Waals surface area contributed by atoms with Gasteiger partial charge in [-0.25, -0.2) is 8.42 Å². The molecule has 1 fully saturated rings. The van der Waals surface area contributed by atoms with E-state index in [1.165, 1.54) is 6.08 Å². The molecule has 1 heterocycles. The number of benzene rings is 2. The molecule has 2 amide bonds. The molecule has 0 saturated carbocycles. The highest BCUT2D eigenvalue weighted by Gasteiger charge is 2.21. The Kier molecular flexibility index (Phi) is 6.56. The van der Waals surface area contributed by atoms with E-state index in [2.05, 4.69) is 10.0 Å². The van der Waals surface area contributed by atoms with Crippen molar-refractivity contribution in [1.29, 1.82) is 0 Å². The van der Waals surface area contributed by atoms with Crippen molar-refractivity contribution in [3.63, 3.8) is 0 Å². The van der Waals surface area contributed by atoms with Crippen molar-refractivity contribution in [1.82, 2.24) is 5.32 Å². The smallest absolute Gasteiger partial charge is 0.244 e. The molecule has 8 heteroatoms. The molecule has 1 saturated heterocycles. The van der Waals surface area contributed by atoms with Gasteiger partial charge in [-0.3, -0.25) is 14.3 Å². The Morgan fingerprint density at radius 2 is 1.83 bits per heavy atom. The molecular weight excluding hydrogens is 402 g/mol. The Morgan fingerprint density at radius 1 is 1.13 bits per heavy atom. The minimum absolute atomic E-state index is 0.136. The maximum Gasteiger partial charge on any atom is 0.244 e. The highest BCUT2D eigenvalue weighted by atomic mass is 32.2. The lowest BCUT2D eigenvalue weighted by molar-refractivity contribution is -0.117. The van der Waals surface area contributed by atoms with Crippen molar-refractivity contribution < 1.29 is 18.0 Å². The maximum atomic E-state index is 12.3. The lowest BCUT2D eigenvalue weighted by Gasteiger charge is -2.17. The molecule has 1 atom stereocenters. The summed E-state index contributed by atoms with van der Waals surface area (Å²) in [5.41, 5.74) is 2.81. The summed E-state index contributed by atoms with van der Waals surface area (Å²) in [7, 11) is -3.42. The van der Waals surface area contributed by atoms with Gasteiger partial charge < -0.3 is 10.2 Å². The fourth-order valence-electron chi connectivity index (χ4n) is 3.36. The molecule has 1 aliphatic heterocycles. The minimum Gasteiger partial charge on any atom is -0.346 e. The Labute approximate surface area is 176 Å². The van der Waals surface area contributed by atoms with E-state index < -0.39 is 16.1 Å². The predicted octanol–water partition coefficient (Wildman–Crippen LogP) is 3.08. The molecule has 0 aliphatic carbocycles. The zero-order valence-corrected chi connectivity index (χ0v) is 17.8. The SMILES string of the molecule is C[C@@H](NC(=O)/C=C\c1ccc(N2CCCC2=O)cc1)c1ccccc1NS(C)(=O)=O. The number of rotatable bonds is 7. The zero-order chi connectivity index (χ0) is 21.7. The fourth-order valence-corrected chi connectivity index (χ4v) is 3.95. The van der Waals surface area contributed by atoms with Gasteiger partial charge in [0.15, 0.2) is 0 Å². The molecule has 158 valence electrons. The van der Waals surface area contributed by atoms with Gasteiger partial charge >= 0.3 is 0 Å². The lowest BCUT2D eigenvalue weighted by Crippen LogP contribution is -2.25. The van der Waals surface area contributed by atoms with Gasteiger partial charge in [0.25, 0.3) is 0 Å². The van der Waals surface area contributed by atoms with Crippen LogP contribution in [0.1, 0.15) is 36.9 Å². The summed E-state index contributed by atoms with van der Waals surface area (Å²) in [6.45, 7) is 2.53. The molecule has 0 bridgehead atoms. The van der Waals surface area contributed by atoms with Crippen molar-refractivity contribution in [2.75, 3.05) is 22.4 Å². The summed E-state index contributed by atoms with van der Waals surface area (Å²) in [4.78, 5) is 25.9. The van der Waals surface area contributed by atoms with E-state index in [1.807, 2.05) is 24.3 Å². The summed E-state index contributed by atoms with van der Waals surface area (Å²) in [6.07, 6.45) is 5.67. The van der Waals surface area contributed by atoms with Gasteiger partial charge in [0.05, 0.1) is 18.0 Å². The van der Waals surface area contributed by atoms with E-state index >= 15 is 0 Å². The van der Waals surface area contributed by atoms with Crippen molar-refractivity contribution in [2.45, 2.75) is 25.8 Å². The molecule has 0 unspecified atom stereocenters. The Bertz CT molecular complexity index is 1060. The molecule has 30 heavy (non-hydrogen) atoms. The molecule has 0 aromatic heterocycles. The fraction of sp³-hybridized carbons (Fsp3) is 0.273. The molecule has 0 radical (unpaired) electrons. The third-order valence-electron chi connectivity index (χ3n) is 4.79. The van der Waals surface area contributed by atoms with Crippen LogP contribution in [0.5, 0.6) is 0 Å². The van der Waals surface area contributed by atoms with E-state index in [9.17, 15) is 18.0 Å². The monoisotopic (exact) mass is 427 g/mol. The van der Waals surface area contributed by atoms with E-state index in [1.54, 1.807) is 42.2 Å². The number of anilines is 2. The minimum atomic E-state index is -3.42. The topological polar surface area (TPSA) is 95.6 Å². The number of carbonyl (C=O) groups is 2. The standard InChI is InChI=1S/C22H25N3O4S/c1-16(19-6-3-4-7-20(19)24-30(2,28)29)23-21(26)14-11-17-9-12-18(13-10-17)25-15-5-8-22(25)27/h3-4,6-7,9-14,16,24H,5,8,15H2,1-2H3,(H,23,26)/b14-11-/t16-/m1/s1. The second-order valence-corrected chi connectivity index (χ2v) is 9.01. The molecular formula is C22H25N3O4S. The highest BCUT2D eigenvalue weighted by molar-refractivity contribution is 7.92. The number of sulfonamides is 1. The number of para-hydroxylation sites is 1. The van der Waals surface area contributed by atoms with Crippen LogP contribution >= 0.6 is 0 Å². The lowest BCUT2D eigenvalue weighted by atomic mass is 10.1. The molecule has 2 N–H and O–H groups in total. The van der Waals surface area contributed by atoms with Crippen LogP contribution in [0.15, 0.2) is 54.6 Å². The number of nitrogens with one attached hydrogen (secondary N) is 2. The zero-order valence-electron chi connectivity index (χ0n) is 17.0. The first-order valence-electron chi connectivity index (χ1n) is 9.69. The number of nitrogens with zero attached hydrogens (tertiary/aromatic N) is 1. The van der Waals surface area contributed by atoms with Crippen LogP contribution in [0.4, 0.5) is 11.4 Å². The van der Waals surface area contributed by atoms with Crippen LogP contribution in [-0.2, 0) is 19.6 Å². The molecule has 7 nitrogen and oxygen atoms in total. The van der Waals surface area contributed by atoms with Crippen LogP contribution in [0.25, 0.3) is 6.08 Å². The second-order valence-electron chi connectivity index (χ2n) is 7.27. The van der Waals surface area contributed by atoms with Crippen LogP contribution in [0, 0.1) is 0 Å². The van der Waals surface area contributed by atoms with Gasteiger partial charge in [0.1, 0.15) is 0 Å². The largest absolute Gasteiger partial charge is 0.346 e. The summed E-state index contributed by atoms with van der Waals surface area (Å²) >= 11 is 0. The number of carbonyl (C=O) groups excluding carboxylic acids is 2. The van der Waals surface area contributed by atoms with Gasteiger partial charge in [0.2, 0.25) is 21.8 Å². The first-order chi connectivity index (χ1) is 14.2. The number of amides is 2. The van der Waals surface area contributed by atoms with Crippen LogP contribution < -0.4 is 14.9 Å².